The molecule has 0 heterocycles. The topological polar surface area (TPSA) is 63.6 Å². The zero-order valence-corrected chi connectivity index (χ0v) is 16.2. The molecular weight excluding hydrogens is 352 g/mol. The second kappa shape index (κ2) is 7.27. The molecule has 1 aliphatic carbocycles. The number of fused-ring (bicyclic) bond motifs is 2. The number of benzene rings is 3. The van der Waals surface area contributed by atoms with Gasteiger partial charge in [0.2, 0.25) is 0 Å². The summed E-state index contributed by atoms with van der Waals surface area (Å²) < 4.78 is 5.95. The quantitative estimate of drug-likeness (QED) is 0.377. The Hall–Kier alpha value is -2.88. The second-order valence-corrected chi connectivity index (χ2v) is 7.91. The van der Waals surface area contributed by atoms with E-state index in [9.17, 15) is 14.7 Å². The number of carbonyl (C=O) groups is 2. The Labute approximate surface area is 164 Å². The minimum Gasteiger partial charge on any atom is -0.481 e. The molecule has 28 heavy (non-hydrogen) atoms. The van der Waals surface area contributed by atoms with Gasteiger partial charge in [-0.05, 0) is 49.6 Å². The van der Waals surface area contributed by atoms with E-state index < -0.39 is 23.8 Å². The summed E-state index contributed by atoms with van der Waals surface area (Å²) >= 11 is 0. The van der Waals surface area contributed by atoms with Crippen LogP contribution in [0.4, 0.5) is 0 Å². The van der Waals surface area contributed by atoms with Crippen molar-refractivity contribution in [1.82, 2.24) is 0 Å². The molecule has 0 spiro atoms. The summed E-state index contributed by atoms with van der Waals surface area (Å²) in [5.41, 5.74) is 2.21. The number of hydrogen-bond donors (Lipinski definition) is 1. The van der Waals surface area contributed by atoms with Gasteiger partial charge in [0.05, 0.1) is 11.8 Å². The molecular formula is C24H24O4. The van der Waals surface area contributed by atoms with Gasteiger partial charge in [-0.3, -0.25) is 9.59 Å². The number of carboxylic acids is 1. The molecule has 4 nitrogen and oxygen atoms in total. The lowest BCUT2D eigenvalue weighted by Gasteiger charge is -2.27. The first-order valence-corrected chi connectivity index (χ1v) is 9.82. The first kappa shape index (κ1) is 18.5. The highest BCUT2D eigenvalue weighted by atomic mass is 16.5. The average Bonchev–Trinajstić information content (AvgIpc) is 2.68. The minimum atomic E-state index is -0.907. The third kappa shape index (κ3) is 3.35. The molecule has 1 N–H and O–H groups in total. The number of aliphatic carboxylic acids is 1. The highest BCUT2D eigenvalue weighted by Gasteiger charge is 2.37. The van der Waals surface area contributed by atoms with Gasteiger partial charge in [-0.25, -0.2) is 0 Å². The van der Waals surface area contributed by atoms with Crippen LogP contribution in [0.2, 0.25) is 0 Å². The lowest BCUT2D eigenvalue weighted by Crippen LogP contribution is -2.35. The minimum absolute atomic E-state index is 0.428. The summed E-state index contributed by atoms with van der Waals surface area (Å²) in [6.07, 6.45) is 2.80. The zero-order chi connectivity index (χ0) is 19.8. The zero-order valence-electron chi connectivity index (χ0n) is 16.2. The normalized spacial score (nSPS) is 19.6. The standard InChI is InChI=1S/C24H24O4/c1-14-8-10-18-17(11-14)13-16-9-7-15(2)12-21(16)22(18)28-24(27)20-6-4-3-5-19(20)23(25)26/h7-13,19-20H,3-6H2,1-2H3,(H,25,26). The Balaban J connectivity index is 1.82. The van der Waals surface area contributed by atoms with Crippen LogP contribution in [0.5, 0.6) is 5.75 Å². The number of hydrogen-bond acceptors (Lipinski definition) is 3. The van der Waals surface area contributed by atoms with E-state index in [1.807, 2.05) is 44.2 Å². The van der Waals surface area contributed by atoms with Crippen LogP contribution in [0.1, 0.15) is 36.8 Å². The van der Waals surface area contributed by atoms with Gasteiger partial charge >= 0.3 is 11.9 Å². The molecule has 0 radical (unpaired) electrons. The van der Waals surface area contributed by atoms with Gasteiger partial charge in [0.15, 0.2) is 0 Å². The largest absolute Gasteiger partial charge is 0.481 e. The molecule has 1 saturated carbocycles. The molecule has 4 heteroatoms. The number of carboxylic acid groups (broad SMARTS) is 1. The lowest BCUT2D eigenvalue weighted by atomic mass is 9.79. The van der Waals surface area contributed by atoms with Crippen LogP contribution in [0.3, 0.4) is 0 Å². The maximum atomic E-state index is 13.0. The van der Waals surface area contributed by atoms with E-state index in [0.717, 1.165) is 45.5 Å². The van der Waals surface area contributed by atoms with Crippen LogP contribution in [0, 0.1) is 25.7 Å². The molecule has 3 aromatic carbocycles. The number of carbonyl (C=O) groups excluding carboxylic acids is 1. The van der Waals surface area contributed by atoms with Crippen LogP contribution >= 0.6 is 0 Å². The van der Waals surface area contributed by atoms with E-state index >= 15 is 0 Å². The molecule has 3 aromatic rings. The van der Waals surface area contributed by atoms with Crippen LogP contribution in [-0.2, 0) is 9.59 Å². The Morgan fingerprint density at radius 1 is 0.857 bits per heavy atom. The van der Waals surface area contributed by atoms with Gasteiger partial charge in [-0.15, -0.1) is 0 Å². The van der Waals surface area contributed by atoms with Gasteiger partial charge in [-0.1, -0.05) is 54.3 Å². The lowest BCUT2D eigenvalue weighted by molar-refractivity contribution is -0.153. The molecule has 4 rings (SSSR count). The van der Waals surface area contributed by atoms with Gasteiger partial charge < -0.3 is 9.84 Å². The fourth-order valence-electron chi connectivity index (χ4n) is 4.31. The predicted octanol–water partition coefficient (Wildman–Crippen LogP) is 5.41. The number of ether oxygens (including phenoxy) is 1. The molecule has 0 bridgehead atoms. The Morgan fingerprint density at radius 2 is 1.54 bits per heavy atom. The number of aryl methyl sites for hydroxylation is 2. The molecule has 1 fully saturated rings. The number of rotatable bonds is 3. The summed E-state index contributed by atoms with van der Waals surface area (Å²) in [5, 5.41) is 13.3. The van der Waals surface area contributed by atoms with Crippen molar-refractivity contribution in [2.45, 2.75) is 39.5 Å². The smallest absolute Gasteiger partial charge is 0.315 e. The van der Waals surface area contributed by atoms with Crippen molar-refractivity contribution in [3.8, 4) is 5.75 Å². The Morgan fingerprint density at radius 3 is 2.29 bits per heavy atom. The van der Waals surface area contributed by atoms with Crippen molar-refractivity contribution >= 4 is 33.5 Å². The summed E-state index contributed by atoms with van der Waals surface area (Å²) in [6, 6.07) is 14.3. The molecule has 0 aliphatic heterocycles. The monoisotopic (exact) mass is 376 g/mol. The molecule has 1 aliphatic rings. The van der Waals surface area contributed by atoms with E-state index in [0.29, 0.717) is 18.6 Å². The van der Waals surface area contributed by atoms with Crippen LogP contribution < -0.4 is 4.74 Å². The van der Waals surface area contributed by atoms with Crippen molar-refractivity contribution in [2.24, 2.45) is 11.8 Å². The van der Waals surface area contributed by atoms with Crippen LogP contribution in [-0.4, -0.2) is 17.0 Å². The van der Waals surface area contributed by atoms with E-state index in [1.54, 1.807) is 0 Å². The van der Waals surface area contributed by atoms with Crippen molar-refractivity contribution in [1.29, 1.82) is 0 Å². The molecule has 0 saturated heterocycles. The summed E-state index contributed by atoms with van der Waals surface area (Å²) in [4.78, 5) is 24.7. The summed E-state index contributed by atoms with van der Waals surface area (Å²) in [5.74, 6) is -2.05. The highest BCUT2D eigenvalue weighted by molar-refractivity contribution is 6.07. The molecule has 2 atom stereocenters. The van der Waals surface area contributed by atoms with E-state index in [2.05, 4.69) is 12.1 Å². The van der Waals surface area contributed by atoms with Gasteiger partial charge in [0, 0.05) is 10.8 Å². The molecule has 0 aromatic heterocycles. The predicted molar refractivity (Wildman–Crippen MR) is 110 cm³/mol. The molecule has 144 valence electrons. The van der Waals surface area contributed by atoms with E-state index in [1.165, 1.54) is 0 Å². The summed E-state index contributed by atoms with van der Waals surface area (Å²) in [6.45, 7) is 4.04. The van der Waals surface area contributed by atoms with Crippen LogP contribution in [0.15, 0.2) is 42.5 Å². The fraction of sp³-hybridized carbons (Fsp3) is 0.333. The van der Waals surface area contributed by atoms with Gasteiger partial charge in [-0.2, -0.15) is 0 Å². The van der Waals surface area contributed by atoms with Gasteiger partial charge in [0.1, 0.15) is 5.75 Å². The first-order chi connectivity index (χ1) is 13.4. The van der Waals surface area contributed by atoms with E-state index in [-0.39, 0.29) is 0 Å². The second-order valence-electron chi connectivity index (χ2n) is 7.91. The first-order valence-electron chi connectivity index (χ1n) is 9.82. The highest BCUT2D eigenvalue weighted by Crippen LogP contribution is 2.38. The third-order valence-corrected chi connectivity index (χ3v) is 5.80. The van der Waals surface area contributed by atoms with Crippen molar-refractivity contribution in [2.75, 3.05) is 0 Å². The SMILES string of the molecule is Cc1ccc2c(OC(=O)C3CCCCC3C(=O)O)c3cc(C)ccc3cc2c1. The maximum Gasteiger partial charge on any atom is 0.315 e. The van der Waals surface area contributed by atoms with Crippen LogP contribution in [0.25, 0.3) is 21.5 Å². The summed E-state index contributed by atoms with van der Waals surface area (Å²) in [7, 11) is 0. The maximum absolute atomic E-state index is 13.0. The molecule has 2 unspecified atom stereocenters. The van der Waals surface area contributed by atoms with E-state index in [4.69, 9.17) is 4.74 Å². The Kier molecular flexibility index (Phi) is 4.80. The Bertz CT molecular complexity index is 1080. The molecule has 0 amide bonds. The van der Waals surface area contributed by atoms with Crippen molar-refractivity contribution in [3.05, 3.63) is 53.6 Å². The number of esters is 1. The average molecular weight is 376 g/mol. The van der Waals surface area contributed by atoms with Crippen molar-refractivity contribution < 1.29 is 19.4 Å². The van der Waals surface area contributed by atoms with Gasteiger partial charge in [0.25, 0.3) is 0 Å². The van der Waals surface area contributed by atoms with Crippen molar-refractivity contribution in [3.63, 3.8) is 0 Å². The fourth-order valence-corrected chi connectivity index (χ4v) is 4.31. The third-order valence-electron chi connectivity index (χ3n) is 5.80.